The van der Waals surface area contributed by atoms with Crippen LogP contribution in [0.25, 0.3) is 0 Å². The summed E-state index contributed by atoms with van der Waals surface area (Å²) < 4.78 is 1.87. The normalized spacial score (nSPS) is 14.0. The van der Waals surface area contributed by atoms with Crippen LogP contribution in [-0.4, -0.2) is 33.9 Å². The number of nitrogens with zero attached hydrogens (tertiary/aromatic N) is 2. The maximum absolute atomic E-state index is 13.0. The van der Waals surface area contributed by atoms with Crippen LogP contribution < -0.4 is 10.6 Å². The highest BCUT2D eigenvalue weighted by Gasteiger charge is 2.16. The summed E-state index contributed by atoms with van der Waals surface area (Å²) in [5, 5.41) is 10.4. The fraction of sp³-hybridized carbons (Fsp3) is 0.370. The summed E-state index contributed by atoms with van der Waals surface area (Å²) in [5.41, 5.74) is 2.76. The fourth-order valence-electron chi connectivity index (χ4n) is 4.35. The summed E-state index contributed by atoms with van der Waals surface area (Å²) in [7, 11) is 0. The summed E-state index contributed by atoms with van der Waals surface area (Å²) >= 11 is 1.41. The number of rotatable bonds is 10. The molecule has 1 saturated carbocycles. The first kappa shape index (κ1) is 24.1. The summed E-state index contributed by atoms with van der Waals surface area (Å²) in [4.78, 5) is 26.2. The highest BCUT2D eigenvalue weighted by Crippen LogP contribution is 2.24. The van der Waals surface area contributed by atoms with Crippen LogP contribution in [0.1, 0.15) is 53.6 Å². The van der Waals surface area contributed by atoms with Gasteiger partial charge in [-0.2, -0.15) is 5.10 Å². The fourth-order valence-corrected chi connectivity index (χ4v) is 5.23. The zero-order valence-electron chi connectivity index (χ0n) is 19.4. The zero-order chi connectivity index (χ0) is 23.6. The molecule has 2 aromatic carbocycles. The minimum atomic E-state index is -0.139. The van der Waals surface area contributed by atoms with Crippen LogP contribution in [0.15, 0.2) is 71.9 Å². The Bertz CT molecular complexity index is 1080. The van der Waals surface area contributed by atoms with Gasteiger partial charge >= 0.3 is 0 Å². The minimum Gasteiger partial charge on any atom is -0.355 e. The lowest BCUT2D eigenvalue weighted by Crippen LogP contribution is -2.31. The second-order valence-corrected chi connectivity index (χ2v) is 9.77. The Morgan fingerprint density at radius 3 is 2.50 bits per heavy atom. The molecule has 1 aliphatic rings. The van der Waals surface area contributed by atoms with Crippen molar-refractivity contribution in [2.24, 2.45) is 5.92 Å². The molecule has 0 atom stereocenters. The number of benzene rings is 2. The molecule has 0 saturated heterocycles. The lowest BCUT2D eigenvalue weighted by molar-refractivity contribution is -0.118. The monoisotopic (exact) mass is 476 g/mol. The van der Waals surface area contributed by atoms with Crippen LogP contribution in [0, 0.1) is 5.92 Å². The van der Waals surface area contributed by atoms with Gasteiger partial charge in [0.15, 0.2) is 0 Å². The van der Waals surface area contributed by atoms with Crippen molar-refractivity contribution in [2.45, 2.75) is 50.1 Å². The Morgan fingerprint density at radius 1 is 0.941 bits per heavy atom. The predicted octanol–water partition coefficient (Wildman–Crippen LogP) is 4.65. The Balaban J connectivity index is 1.31. The van der Waals surface area contributed by atoms with Gasteiger partial charge in [-0.1, -0.05) is 55.7 Å². The number of carbonyl (C=O) groups excluding carboxylic acids is 2. The van der Waals surface area contributed by atoms with Gasteiger partial charge in [-0.05, 0) is 48.1 Å². The molecule has 34 heavy (non-hydrogen) atoms. The highest BCUT2D eigenvalue weighted by atomic mass is 32.2. The summed E-state index contributed by atoms with van der Waals surface area (Å²) in [6.45, 7) is 1.85. The number of carbonyl (C=O) groups is 2. The summed E-state index contributed by atoms with van der Waals surface area (Å²) in [5.74, 6) is 0.804. The van der Waals surface area contributed by atoms with Gasteiger partial charge in [0, 0.05) is 30.4 Å². The number of hydrogen-bond donors (Lipinski definition) is 2. The van der Waals surface area contributed by atoms with Crippen molar-refractivity contribution in [1.82, 2.24) is 20.4 Å². The number of thioether (sulfide) groups is 1. The average Bonchev–Trinajstić information content (AvgIpc) is 3.39. The second kappa shape index (κ2) is 12.4. The Hall–Kier alpha value is -3.06. The molecule has 0 unspecified atom stereocenters. The van der Waals surface area contributed by atoms with E-state index in [2.05, 4.69) is 21.8 Å². The average molecular weight is 477 g/mol. The van der Waals surface area contributed by atoms with Crippen molar-refractivity contribution in [1.29, 1.82) is 0 Å². The molecule has 4 rings (SSSR count). The molecule has 3 aromatic rings. The number of nitrogens with one attached hydrogen (secondary N) is 2. The van der Waals surface area contributed by atoms with E-state index < -0.39 is 0 Å². The second-order valence-electron chi connectivity index (χ2n) is 8.75. The van der Waals surface area contributed by atoms with E-state index in [-0.39, 0.29) is 11.8 Å². The molecule has 1 aromatic heterocycles. The van der Waals surface area contributed by atoms with Crippen molar-refractivity contribution in [3.8, 4) is 0 Å². The number of hydrogen-bond acceptors (Lipinski definition) is 4. The van der Waals surface area contributed by atoms with E-state index in [9.17, 15) is 9.59 Å². The van der Waals surface area contributed by atoms with E-state index in [0.29, 0.717) is 30.3 Å². The SMILES string of the molecule is O=C(CSc1ccccc1C(=O)NCc1ccccc1Cn1cccn1)NCC1CCCCC1. The van der Waals surface area contributed by atoms with Crippen molar-refractivity contribution >= 4 is 23.6 Å². The van der Waals surface area contributed by atoms with Crippen molar-refractivity contribution in [3.63, 3.8) is 0 Å². The third-order valence-electron chi connectivity index (χ3n) is 6.25. The van der Waals surface area contributed by atoms with Crippen LogP contribution in [0.4, 0.5) is 0 Å². The third kappa shape index (κ3) is 6.97. The van der Waals surface area contributed by atoms with E-state index in [1.165, 1.54) is 43.9 Å². The highest BCUT2D eigenvalue weighted by molar-refractivity contribution is 8.00. The van der Waals surface area contributed by atoms with Gasteiger partial charge in [0.1, 0.15) is 0 Å². The smallest absolute Gasteiger partial charge is 0.252 e. The molecule has 0 radical (unpaired) electrons. The van der Waals surface area contributed by atoms with E-state index in [0.717, 1.165) is 22.6 Å². The molecule has 0 spiro atoms. The van der Waals surface area contributed by atoms with E-state index in [4.69, 9.17) is 0 Å². The maximum atomic E-state index is 13.0. The van der Waals surface area contributed by atoms with Gasteiger partial charge in [-0.25, -0.2) is 0 Å². The zero-order valence-corrected chi connectivity index (χ0v) is 20.2. The largest absolute Gasteiger partial charge is 0.355 e. The van der Waals surface area contributed by atoms with Gasteiger partial charge in [0.25, 0.3) is 5.91 Å². The lowest BCUT2D eigenvalue weighted by atomic mass is 9.89. The first-order valence-corrected chi connectivity index (χ1v) is 13.0. The number of aromatic nitrogens is 2. The lowest BCUT2D eigenvalue weighted by Gasteiger charge is -2.21. The molecule has 1 aliphatic carbocycles. The van der Waals surface area contributed by atoms with Crippen LogP contribution in [0.5, 0.6) is 0 Å². The molecular formula is C27H32N4O2S. The standard InChI is InChI=1S/C27H32N4O2S/c32-26(28-17-21-9-2-1-3-10-21)20-34-25-14-7-6-13-24(25)27(33)29-18-22-11-4-5-12-23(22)19-31-16-8-15-30-31/h4-8,11-16,21H,1-3,9-10,17-20H2,(H,28,32)(H,29,33). The van der Waals surface area contributed by atoms with Crippen LogP contribution >= 0.6 is 11.8 Å². The molecule has 2 N–H and O–H groups in total. The van der Waals surface area contributed by atoms with Crippen LogP contribution in [-0.2, 0) is 17.9 Å². The van der Waals surface area contributed by atoms with Crippen LogP contribution in [0.3, 0.4) is 0 Å². The molecule has 0 bridgehead atoms. The van der Waals surface area contributed by atoms with Crippen molar-refractivity contribution < 1.29 is 9.59 Å². The quantitative estimate of drug-likeness (QED) is 0.418. The molecule has 0 aliphatic heterocycles. The van der Waals surface area contributed by atoms with Gasteiger partial charge in [0.2, 0.25) is 5.91 Å². The maximum Gasteiger partial charge on any atom is 0.252 e. The van der Waals surface area contributed by atoms with Gasteiger partial charge in [-0.15, -0.1) is 11.8 Å². The van der Waals surface area contributed by atoms with Gasteiger partial charge in [-0.3, -0.25) is 14.3 Å². The molecule has 6 nitrogen and oxygen atoms in total. The predicted molar refractivity (Wildman–Crippen MR) is 136 cm³/mol. The molecule has 1 fully saturated rings. The van der Waals surface area contributed by atoms with Gasteiger partial charge in [0.05, 0.1) is 17.9 Å². The molecule has 178 valence electrons. The minimum absolute atomic E-state index is 0.0262. The van der Waals surface area contributed by atoms with E-state index >= 15 is 0 Å². The van der Waals surface area contributed by atoms with Gasteiger partial charge < -0.3 is 10.6 Å². The Morgan fingerprint density at radius 2 is 1.71 bits per heavy atom. The van der Waals surface area contributed by atoms with Crippen molar-refractivity contribution in [3.05, 3.63) is 83.7 Å². The molecule has 7 heteroatoms. The topological polar surface area (TPSA) is 76.0 Å². The molecular weight excluding hydrogens is 444 g/mol. The summed E-state index contributed by atoms with van der Waals surface area (Å²) in [6.07, 6.45) is 9.96. The Kier molecular flexibility index (Phi) is 8.79. The van der Waals surface area contributed by atoms with Crippen LogP contribution in [0.2, 0.25) is 0 Å². The van der Waals surface area contributed by atoms with E-state index in [1.54, 1.807) is 6.20 Å². The Labute approximate surface area is 205 Å². The summed E-state index contributed by atoms with van der Waals surface area (Å²) in [6, 6.07) is 17.4. The molecule has 2 amide bonds. The molecule has 1 heterocycles. The number of amides is 2. The third-order valence-corrected chi connectivity index (χ3v) is 7.33. The van der Waals surface area contributed by atoms with E-state index in [1.807, 2.05) is 59.4 Å². The first-order valence-electron chi connectivity index (χ1n) is 12.0. The first-order chi connectivity index (χ1) is 16.7. The van der Waals surface area contributed by atoms with Crippen molar-refractivity contribution in [2.75, 3.05) is 12.3 Å².